The zero-order chi connectivity index (χ0) is 23.4. The van der Waals surface area contributed by atoms with E-state index in [4.69, 9.17) is 4.74 Å². The molecule has 0 aliphatic rings. The fourth-order valence-corrected chi connectivity index (χ4v) is 3.17. The van der Waals surface area contributed by atoms with Crippen LogP contribution in [0.5, 0.6) is 5.75 Å². The van der Waals surface area contributed by atoms with Gasteiger partial charge in [-0.2, -0.15) is 18.4 Å². The molecule has 11 heteroatoms. The number of aromatic nitrogens is 4. The number of halogens is 3. The molecule has 3 N–H and O–H groups in total. The Morgan fingerprint density at radius 1 is 0.939 bits per heavy atom. The second kappa shape index (κ2) is 8.99. The average Bonchev–Trinajstić information content (AvgIpc) is 3.34. The van der Waals surface area contributed by atoms with Crippen LogP contribution in [0.25, 0.3) is 22.5 Å². The number of methoxy groups -OCH3 is 1. The minimum absolute atomic E-state index is 0.00979. The summed E-state index contributed by atoms with van der Waals surface area (Å²) < 4.78 is 43.9. The number of rotatable bonds is 5. The Kier molecular flexibility index (Phi) is 5.94. The highest BCUT2D eigenvalue weighted by Crippen LogP contribution is 2.34. The number of alkyl halides is 3. The minimum atomic E-state index is -4.51. The lowest BCUT2D eigenvalue weighted by molar-refractivity contribution is -0.137. The molecule has 0 saturated heterocycles. The van der Waals surface area contributed by atoms with Crippen LogP contribution in [0.4, 0.5) is 29.3 Å². The van der Waals surface area contributed by atoms with E-state index >= 15 is 0 Å². The number of urea groups is 1. The van der Waals surface area contributed by atoms with Crippen LogP contribution in [0, 0.1) is 0 Å². The highest BCUT2D eigenvalue weighted by Gasteiger charge is 2.30. The lowest BCUT2D eigenvalue weighted by atomic mass is 9.98. The van der Waals surface area contributed by atoms with Gasteiger partial charge in [0.1, 0.15) is 5.75 Å². The number of benzene rings is 3. The number of H-pyrrole nitrogens is 1. The predicted molar refractivity (Wildman–Crippen MR) is 116 cm³/mol. The van der Waals surface area contributed by atoms with Crippen LogP contribution in [-0.4, -0.2) is 33.8 Å². The van der Waals surface area contributed by atoms with Crippen molar-refractivity contribution in [3.05, 3.63) is 72.3 Å². The molecule has 4 rings (SSSR count). The summed E-state index contributed by atoms with van der Waals surface area (Å²) in [6.07, 6.45) is -4.51. The number of amides is 2. The van der Waals surface area contributed by atoms with Crippen molar-refractivity contribution in [1.82, 2.24) is 20.6 Å². The second-order valence-corrected chi connectivity index (χ2v) is 6.88. The van der Waals surface area contributed by atoms with Gasteiger partial charge in [0.05, 0.1) is 12.7 Å². The topological polar surface area (TPSA) is 105 Å². The van der Waals surface area contributed by atoms with Gasteiger partial charge < -0.3 is 15.4 Å². The Morgan fingerprint density at radius 2 is 1.67 bits per heavy atom. The van der Waals surface area contributed by atoms with Crippen molar-refractivity contribution in [2.75, 3.05) is 17.7 Å². The van der Waals surface area contributed by atoms with Gasteiger partial charge in [-0.05, 0) is 58.8 Å². The van der Waals surface area contributed by atoms with Crippen LogP contribution in [0.1, 0.15) is 5.56 Å². The molecular weight excluding hydrogens is 437 g/mol. The number of hydrogen-bond donors (Lipinski definition) is 3. The summed E-state index contributed by atoms with van der Waals surface area (Å²) >= 11 is 0. The number of nitrogens with one attached hydrogen (secondary N) is 3. The normalized spacial score (nSPS) is 11.2. The summed E-state index contributed by atoms with van der Waals surface area (Å²) in [5.74, 6) is 1.01. The quantitative estimate of drug-likeness (QED) is 0.384. The highest BCUT2D eigenvalue weighted by atomic mass is 19.4. The smallest absolute Gasteiger partial charge is 0.416 e. The Labute approximate surface area is 185 Å². The van der Waals surface area contributed by atoms with Crippen molar-refractivity contribution in [2.24, 2.45) is 0 Å². The maximum Gasteiger partial charge on any atom is 0.416 e. The van der Waals surface area contributed by atoms with E-state index in [1.807, 2.05) is 24.3 Å². The van der Waals surface area contributed by atoms with Gasteiger partial charge in [-0.25, -0.2) is 4.79 Å². The van der Waals surface area contributed by atoms with Gasteiger partial charge in [0.2, 0.25) is 5.82 Å². The van der Waals surface area contributed by atoms with Gasteiger partial charge in [0.25, 0.3) is 0 Å². The van der Waals surface area contributed by atoms with Gasteiger partial charge in [-0.1, -0.05) is 24.3 Å². The standard InChI is InChI=1S/C22H17F3N6O2/c1-33-17-8-5-13(6-9-17)18-10-7-16(12-19(18)20-28-30-31-29-20)27-21(32)26-15-4-2-3-14(11-15)22(23,24)25/h2-12H,1H3,(H2,26,27,32)(H,28,29,30,31). The number of ether oxygens (including phenoxy) is 1. The van der Waals surface area contributed by atoms with Crippen molar-refractivity contribution < 1.29 is 22.7 Å². The molecule has 0 aliphatic heterocycles. The predicted octanol–water partition coefficient (Wildman–Crippen LogP) is 5.21. The third kappa shape index (κ3) is 5.09. The first-order chi connectivity index (χ1) is 15.8. The van der Waals surface area contributed by atoms with Crippen molar-refractivity contribution >= 4 is 17.4 Å². The summed E-state index contributed by atoms with van der Waals surface area (Å²) in [6, 6.07) is 16.1. The van der Waals surface area contributed by atoms with Gasteiger partial charge >= 0.3 is 12.2 Å². The molecule has 0 atom stereocenters. The van der Waals surface area contributed by atoms with Crippen molar-refractivity contribution in [3.8, 4) is 28.3 Å². The Bertz CT molecular complexity index is 1260. The molecule has 4 aromatic rings. The van der Waals surface area contributed by atoms with Crippen LogP contribution in [0.3, 0.4) is 0 Å². The molecular formula is C22H17F3N6O2. The van der Waals surface area contributed by atoms with Crippen LogP contribution in [0.15, 0.2) is 66.7 Å². The van der Waals surface area contributed by atoms with E-state index in [1.165, 1.54) is 12.1 Å². The van der Waals surface area contributed by atoms with Crippen LogP contribution < -0.4 is 15.4 Å². The molecule has 168 valence electrons. The third-order valence-electron chi connectivity index (χ3n) is 4.71. The van der Waals surface area contributed by atoms with Crippen molar-refractivity contribution in [2.45, 2.75) is 6.18 Å². The number of tetrazole rings is 1. The molecule has 8 nitrogen and oxygen atoms in total. The second-order valence-electron chi connectivity index (χ2n) is 6.88. The first-order valence-electron chi connectivity index (χ1n) is 9.61. The lowest BCUT2D eigenvalue weighted by Gasteiger charge is -2.13. The monoisotopic (exact) mass is 454 g/mol. The van der Waals surface area contributed by atoms with Gasteiger partial charge in [0, 0.05) is 16.9 Å². The molecule has 0 unspecified atom stereocenters. The molecule has 0 fully saturated rings. The van der Waals surface area contributed by atoms with Crippen LogP contribution in [-0.2, 0) is 6.18 Å². The van der Waals surface area contributed by atoms with E-state index < -0.39 is 17.8 Å². The highest BCUT2D eigenvalue weighted by molar-refractivity contribution is 6.00. The average molecular weight is 454 g/mol. The fraction of sp³-hybridized carbons (Fsp3) is 0.0909. The zero-order valence-corrected chi connectivity index (χ0v) is 17.1. The van der Waals surface area contributed by atoms with Crippen molar-refractivity contribution in [1.29, 1.82) is 0 Å². The van der Waals surface area contributed by atoms with Gasteiger partial charge in [-0.15, -0.1) is 10.2 Å². The Hall–Kier alpha value is -4.41. The van der Waals surface area contributed by atoms with Gasteiger partial charge in [-0.3, -0.25) is 0 Å². The molecule has 0 aliphatic carbocycles. The Morgan fingerprint density at radius 3 is 2.30 bits per heavy atom. The molecule has 0 bridgehead atoms. The maximum absolute atomic E-state index is 12.9. The SMILES string of the molecule is COc1ccc(-c2ccc(NC(=O)Nc3cccc(C(F)(F)F)c3)cc2-c2nn[nH]n2)cc1. The largest absolute Gasteiger partial charge is 0.497 e. The van der Waals surface area contributed by atoms with Crippen molar-refractivity contribution in [3.63, 3.8) is 0 Å². The number of aromatic amines is 1. The summed E-state index contributed by atoms with van der Waals surface area (Å²) in [5.41, 5.74) is 1.76. The summed E-state index contributed by atoms with van der Waals surface area (Å²) in [5, 5.41) is 19.0. The molecule has 0 spiro atoms. The number of carbonyl (C=O) groups is 1. The van der Waals surface area contributed by atoms with E-state index in [0.717, 1.165) is 23.3 Å². The summed E-state index contributed by atoms with van der Waals surface area (Å²) in [6.45, 7) is 0. The van der Waals surface area contributed by atoms with E-state index in [1.54, 1.807) is 25.3 Å². The minimum Gasteiger partial charge on any atom is -0.497 e. The molecule has 1 aromatic heterocycles. The first-order valence-corrected chi connectivity index (χ1v) is 9.61. The van der Waals surface area contributed by atoms with Crippen LogP contribution >= 0.6 is 0 Å². The zero-order valence-electron chi connectivity index (χ0n) is 17.1. The van der Waals surface area contributed by atoms with E-state index in [9.17, 15) is 18.0 Å². The third-order valence-corrected chi connectivity index (χ3v) is 4.71. The number of carbonyl (C=O) groups excluding carboxylic acids is 1. The van der Waals surface area contributed by atoms with E-state index in [2.05, 4.69) is 31.3 Å². The molecule has 0 saturated carbocycles. The first kappa shape index (κ1) is 21.8. The lowest BCUT2D eigenvalue weighted by Crippen LogP contribution is -2.20. The van der Waals surface area contributed by atoms with Crippen LogP contribution in [0.2, 0.25) is 0 Å². The molecule has 1 heterocycles. The number of hydrogen-bond acceptors (Lipinski definition) is 5. The molecule has 3 aromatic carbocycles. The molecule has 2 amide bonds. The maximum atomic E-state index is 12.9. The summed E-state index contributed by atoms with van der Waals surface area (Å²) in [4.78, 5) is 12.4. The fourth-order valence-electron chi connectivity index (χ4n) is 3.17. The number of nitrogens with zero attached hydrogens (tertiary/aromatic N) is 3. The van der Waals surface area contributed by atoms with E-state index in [-0.39, 0.29) is 5.69 Å². The summed E-state index contributed by atoms with van der Waals surface area (Å²) in [7, 11) is 1.57. The number of anilines is 2. The Balaban J connectivity index is 1.58. The van der Waals surface area contributed by atoms with Gasteiger partial charge in [0.15, 0.2) is 0 Å². The van der Waals surface area contributed by atoms with E-state index in [0.29, 0.717) is 22.8 Å². The molecule has 0 radical (unpaired) electrons. The molecule has 33 heavy (non-hydrogen) atoms.